The van der Waals surface area contributed by atoms with Crippen LogP contribution in [-0.4, -0.2) is 0 Å². The van der Waals surface area contributed by atoms with Crippen LogP contribution in [0.15, 0.2) is 0 Å². The van der Waals surface area contributed by atoms with Crippen molar-refractivity contribution in [3.63, 3.8) is 0 Å². The first-order valence-corrected chi connectivity index (χ1v) is 3.33. The van der Waals surface area contributed by atoms with Crippen molar-refractivity contribution in [2.45, 2.75) is 47.0 Å². The fourth-order valence-corrected chi connectivity index (χ4v) is 0. The standard InChI is InChI=1S/C4H10.C3H8.V/c1-3-4-2;1-3-2;/h3-4H2,1-2H3;3H2,1-2H3;. The van der Waals surface area contributed by atoms with Gasteiger partial charge in [-0.15, -0.1) is 0 Å². The zero-order chi connectivity index (χ0) is 6.12. The van der Waals surface area contributed by atoms with Crippen LogP contribution in [0, 0.1) is 0 Å². The van der Waals surface area contributed by atoms with Crippen LogP contribution in [0.25, 0.3) is 0 Å². The van der Waals surface area contributed by atoms with Gasteiger partial charge in [-0.25, -0.2) is 0 Å². The molecule has 0 atom stereocenters. The van der Waals surface area contributed by atoms with Gasteiger partial charge in [0.05, 0.1) is 0 Å². The molecule has 0 aromatic heterocycles. The van der Waals surface area contributed by atoms with E-state index < -0.39 is 0 Å². The Morgan fingerprint density at radius 2 is 0.875 bits per heavy atom. The summed E-state index contributed by atoms with van der Waals surface area (Å²) in [4.78, 5) is 0. The van der Waals surface area contributed by atoms with Crippen LogP contribution in [0.3, 0.4) is 0 Å². The molecule has 0 aromatic carbocycles. The van der Waals surface area contributed by atoms with Crippen LogP contribution < -0.4 is 0 Å². The molecule has 0 amide bonds. The predicted octanol–water partition coefficient (Wildman–Crippen LogP) is 3.22. The van der Waals surface area contributed by atoms with Gasteiger partial charge in [0.2, 0.25) is 0 Å². The zero-order valence-corrected chi connectivity index (χ0v) is 7.97. The van der Waals surface area contributed by atoms with Crippen LogP contribution in [0.2, 0.25) is 0 Å². The van der Waals surface area contributed by atoms with E-state index in [2.05, 4.69) is 27.7 Å². The Morgan fingerprint density at radius 1 is 0.750 bits per heavy atom. The maximum absolute atomic E-state index is 2.18. The minimum Gasteiger partial charge on any atom is -0.0656 e. The van der Waals surface area contributed by atoms with Crippen LogP contribution in [0.1, 0.15) is 47.0 Å². The fourth-order valence-electron chi connectivity index (χ4n) is 0. The van der Waals surface area contributed by atoms with Gasteiger partial charge in [-0.1, -0.05) is 47.0 Å². The van der Waals surface area contributed by atoms with Gasteiger partial charge in [-0.2, -0.15) is 0 Å². The predicted molar refractivity (Wildman–Crippen MR) is 36.5 cm³/mol. The van der Waals surface area contributed by atoms with Crippen molar-refractivity contribution >= 4 is 0 Å². The van der Waals surface area contributed by atoms with E-state index >= 15 is 0 Å². The molecule has 0 spiro atoms. The summed E-state index contributed by atoms with van der Waals surface area (Å²) in [5.41, 5.74) is 0. The van der Waals surface area contributed by atoms with E-state index in [1.165, 1.54) is 19.3 Å². The first-order chi connectivity index (χ1) is 3.33. The van der Waals surface area contributed by atoms with E-state index in [1.807, 2.05) is 0 Å². The van der Waals surface area contributed by atoms with E-state index in [4.69, 9.17) is 0 Å². The normalized spacial score (nSPS) is 6.00. The average Bonchev–Trinajstić information content (AvgIpc) is 1.69. The molecule has 0 saturated carbocycles. The summed E-state index contributed by atoms with van der Waals surface area (Å²) in [5, 5.41) is 0. The molecule has 51 valence electrons. The van der Waals surface area contributed by atoms with Crippen LogP contribution >= 0.6 is 0 Å². The molecular formula is C7H18V. The van der Waals surface area contributed by atoms with Gasteiger partial charge in [0.1, 0.15) is 0 Å². The molecule has 1 radical (unpaired) electrons. The van der Waals surface area contributed by atoms with Gasteiger partial charge in [0.15, 0.2) is 0 Å². The molecule has 0 aliphatic carbocycles. The second-order valence-electron chi connectivity index (χ2n) is 1.71. The third-order valence-corrected chi connectivity index (χ3v) is 0.500. The Balaban J connectivity index is -0.0000000575. The molecule has 0 rings (SSSR count). The summed E-state index contributed by atoms with van der Waals surface area (Å²) >= 11 is 0. The van der Waals surface area contributed by atoms with Gasteiger partial charge in [0, 0.05) is 18.6 Å². The topological polar surface area (TPSA) is 0 Å². The van der Waals surface area contributed by atoms with Gasteiger partial charge in [-0.05, 0) is 0 Å². The van der Waals surface area contributed by atoms with Crippen molar-refractivity contribution in [3.05, 3.63) is 0 Å². The molecule has 0 nitrogen and oxygen atoms in total. The molecule has 0 aliphatic heterocycles. The molecule has 8 heavy (non-hydrogen) atoms. The second-order valence-corrected chi connectivity index (χ2v) is 1.71. The first kappa shape index (κ1) is 15.8. The van der Waals surface area contributed by atoms with Crippen LogP contribution in [-0.2, 0) is 18.6 Å². The third kappa shape index (κ3) is 81.8. The van der Waals surface area contributed by atoms with Crippen LogP contribution in [0.5, 0.6) is 0 Å². The molecule has 0 bridgehead atoms. The molecular weight excluding hydrogens is 135 g/mol. The van der Waals surface area contributed by atoms with Crippen molar-refractivity contribution < 1.29 is 18.6 Å². The Hall–Kier alpha value is 0.584. The summed E-state index contributed by atoms with van der Waals surface area (Å²) in [5.74, 6) is 0. The van der Waals surface area contributed by atoms with Gasteiger partial charge >= 0.3 is 0 Å². The van der Waals surface area contributed by atoms with Gasteiger partial charge in [-0.3, -0.25) is 0 Å². The SMILES string of the molecule is CCC.CCCC.[V]. The molecule has 0 saturated heterocycles. The summed E-state index contributed by atoms with van der Waals surface area (Å²) in [7, 11) is 0. The zero-order valence-electron chi connectivity index (χ0n) is 6.57. The molecule has 0 aliphatic rings. The minimum absolute atomic E-state index is 0. The first-order valence-electron chi connectivity index (χ1n) is 3.33. The molecule has 0 heterocycles. The molecule has 0 unspecified atom stereocenters. The van der Waals surface area contributed by atoms with Crippen molar-refractivity contribution in [1.82, 2.24) is 0 Å². The second kappa shape index (κ2) is 25.6. The van der Waals surface area contributed by atoms with E-state index in [9.17, 15) is 0 Å². The van der Waals surface area contributed by atoms with Crippen molar-refractivity contribution in [1.29, 1.82) is 0 Å². The summed E-state index contributed by atoms with van der Waals surface area (Å²) in [6.45, 7) is 8.61. The molecule has 0 aromatic rings. The Bertz CT molecular complexity index is 11.9. The summed E-state index contributed by atoms with van der Waals surface area (Å²) in [6, 6.07) is 0. The monoisotopic (exact) mass is 153 g/mol. The molecule has 0 N–H and O–H groups in total. The smallest absolute Gasteiger partial charge is 0 e. The number of hydrogen-bond acceptors (Lipinski definition) is 0. The van der Waals surface area contributed by atoms with E-state index in [-0.39, 0.29) is 18.6 Å². The summed E-state index contributed by atoms with van der Waals surface area (Å²) < 4.78 is 0. The Labute approximate surface area is 65.9 Å². The number of hydrogen-bond donors (Lipinski definition) is 0. The van der Waals surface area contributed by atoms with Crippen LogP contribution in [0.4, 0.5) is 0 Å². The van der Waals surface area contributed by atoms with E-state index in [1.54, 1.807) is 0 Å². The minimum atomic E-state index is 0. The van der Waals surface area contributed by atoms with Gasteiger partial charge < -0.3 is 0 Å². The maximum Gasteiger partial charge on any atom is 0 e. The van der Waals surface area contributed by atoms with Crippen molar-refractivity contribution in [3.8, 4) is 0 Å². The van der Waals surface area contributed by atoms with E-state index in [0.717, 1.165) is 0 Å². The number of rotatable bonds is 1. The maximum atomic E-state index is 2.18. The Morgan fingerprint density at radius 3 is 0.875 bits per heavy atom. The van der Waals surface area contributed by atoms with Gasteiger partial charge in [0.25, 0.3) is 0 Å². The molecule has 1 heteroatoms. The largest absolute Gasteiger partial charge is 0.0656 e. The average molecular weight is 153 g/mol. The van der Waals surface area contributed by atoms with Crippen molar-refractivity contribution in [2.24, 2.45) is 0 Å². The summed E-state index contributed by atoms with van der Waals surface area (Å²) in [6.07, 6.45) is 3.89. The fraction of sp³-hybridized carbons (Fsp3) is 1.00. The molecule has 0 fully saturated rings. The van der Waals surface area contributed by atoms with Crippen molar-refractivity contribution in [2.75, 3.05) is 0 Å². The van der Waals surface area contributed by atoms with E-state index in [0.29, 0.717) is 0 Å². The number of unbranched alkanes of at least 4 members (excludes halogenated alkanes) is 1. The Kier molecular flexibility index (Phi) is 50.7. The quantitative estimate of drug-likeness (QED) is 0.542. The third-order valence-electron chi connectivity index (χ3n) is 0.500.